The van der Waals surface area contributed by atoms with Crippen molar-refractivity contribution in [3.63, 3.8) is 0 Å². The van der Waals surface area contributed by atoms with Gasteiger partial charge in [0.05, 0.1) is 11.0 Å². The topological polar surface area (TPSA) is 88.1 Å². The third-order valence-corrected chi connectivity index (χ3v) is 2.39. The van der Waals surface area contributed by atoms with Crippen LogP contribution in [0.5, 0.6) is 0 Å². The molecule has 0 unspecified atom stereocenters. The van der Waals surface area contributed by atoms with Crippen molar-refractivity contribution in [1.29, 1.82) is 0 Å². The van der Waals surface area contributed by atoms with E-state index in [0.29, 0.717) is 10.7 Å². The smallest absolute Gasteiger partial charge is 0.408 e. The average Bonchev–Trinajstić information content (AvgIpc) is 2.38. The van der Waals surface area contributed by atoms with Crippen LogP contribution in [0, 0.1) is 4.91 Å². The monoisotopic (exact) mass is 293 g/mol. The third-order valence-electron chi connectivity index (χ3n) is 2.39. The van der Waals surface area contributed by atoms with E-state index in [1.807, 2.05) is 0 Å². The largest absolute Gasteiger partial charge is 0.444 e. The number of benzene rings is 1. The van der Waals surface area contributed by atoms with Crippen LogP contribution in [0.15, 0.2) is 35.6 Å². The highest BCUT2D eigenvalue weighted by atomic mass is 16.6. The molecule has 2 amide bonds. The number of hydrogen-bond donors (Lipinski definition) is 1. The fourth-order valence-corrected chi connectivity index (χ4v) is 1.51. The summed E-state index contributed by atoms with van der Waals surface area (Å²) in [4.78, 5) is 34.6. The lowest BCUT2D eigenvalue weighted by molar-refractivity contribution is -0.120. The Morgan fingerprint density at radius 3 is 2.29 bits per heavy atom. The van der Waals surface area contributed by atoms with Crippen molar-refractivity contribution in [3.8, 4) is 0 Å². The number of hydrogen-bond acceptors (Lipinski definition) is 5. The Kier molecular flexibility index (Phi) is 5.40. The van der Waals surface area contributed by atoms with E-state index in [9.17, 15) is 14.5 Å². The van der Waals surface area contributed by atoms with Crippen LogP contribution in [-0.2, 0) is 9.53 Å². The third kappa shape index (κ3) is 5.21. The van der Waals surface area contributed by atoms with Crippen LogP contribution in [-0.4, -0.2) is 23.6 Å². The average molecular weight is 293 g/mol. The van der Waals surface area contributed by atoms with Gasteiger partial charge in [0.15, 0.2) is 0 Å². The van der Waals surface area contributed by atoms with E-state index in [-0.39, 0.29) is 0 Å². The Morgan fingerprint density at radius 2 is 1.81 bits per heavy atom. The predicted octanol–water partition coefficient (Wildman–Crippen LogP) is 2.61. The Morgan fingerprint density at radius 1 is 1.24 bits per heavy atom. The maximum Gasteiger partial charge on any atom is 0.408 e. The molecule has 1 aromatic rings. The van der Waals surface area contributed by atoms with Gasteiger partial charge in [0.1, 0.15) is 11.6 Å². The summed E-state index contributed by atoms with van der Waals surface area (Å²) in [5.41, 5.74) is -0.343. The van der Waals surface area contributed by atoms with Gasteiger partial charge in [-0.15, -0.1) is 4.91 Å². The molecule has 7 nitrogen and oxygen atoms in total. The number of nitrogens with zero attached hydrogens (tertiary/aromatic N) is 2. The number of para-hydroxylation sites is 1. The van der Waals surface area contributed by atoms with E-state index in [1.54, 1.807) is 51.1 Å². The summed E-state index contributed by atoms with van der Waals surface area (Å²) in [5.74, 6) is -0.651. The van der Waals surface area contributed by atoms with Crippen LogP contribution in [0.3, 0.4) is 0 Å². The van der Waals surface area contributed by atoms with E-state index in [1.165, 1.54) is 6.92 Å². The second-order valence-electron chi connectivity index (χ2n) is 5.44. The zero-order valence-corrected chi connectivity index (χ0v) is 12.5. The Balaban J connectivity index is 2.73. The highest BCUT2D eigenvalue weighted by Gasteiger charge is 2.26. The van der Waals surface area contributed by atoms with Crippen LogP contribution in [0.4, 0.5) is 10.5 Å². The van der Waals surface area contributed by atoms with Gasteiger partial charge in [-0.3, -0.25) is 4.79 Å². The standard InChI is InChI=1S/C14H19N3O4/c1-10(15-13(19)21-14(2,3)4)12(18)17(16-20)11-8-6-5-7-9-11/h5-10H,1-4H3,(H,15,19)/t10-/m0/s1. The SMILES string of the molecule is C[C@H](NC(=O)OC(C)(C)C)C(=O)N(N=O)c1ccccc1. The lowest BCUT2D eigenvalue weighted by atomic mass is 10.2. The van der Waals surface area contributed by atoms with Gasteiger partial charge in [-0.1, -0.05) is 18.2 Å². The van der Waals surface area contributed by atoms with Gasteiger partial charge in [-0.25, -0.2) is 4.79 Å². The van der Waals surface area contributed by atoms with Crippen molar-refractivity contribution >= 4 is 17.7 Å². The van der Waals surface area contributed by atoms with Gasteiger partial charge in [0.2, 0.25) is 0 Å². The van der Waals surface area contributed by atoms with Crippen molar-refractivity contribution in [2.45, 2.75) is 39.3 Å². The van der Waals surface area contributed by atoms with Crippen molar-refractivity contribution in [2.75, 3.05) is 5.01 Å². The van der Waals surface area contributed by atoms with Gasteiger partial charge in [0.25, 0.3) is 5.91 Å². The number of alkyl carbamates (subject to hydrolysis) is 1. The van der Waals surface area contributed by atoms with Crippen molar-refractivity contribution in [2.24, 2.45) is 5.29 Å². The summed E-state index contributed by atoms with van der Waals surface area (Å²) >= 11 is 0. The fourth-order valence-electron chi connectivity index (χ4n) is 1.51. The Bertz CT molecular complexity index is 511. The molecule has 0 saturated heterocycles. The first-order valence-electron chi connectivity index (χ1n) is 6.46. The molecule has 21 heavy (non-hydrogen) atoms. The maximum absolute atomic E-state index is 12.1. The van der Waals surface area contributed by atoms with Gasteiger partial charge < -0.3 is 10.1 Å². The molecule has 1 rings (SSSR count). The molecule has 0 heterocycles. The summed E-state index contributed by atoms with van der Waals surface area (Å²) in [7, 11) is 0. The molecule has 0 bridgehead atoms. The minimum absolute atomic E-state index is 0.329. The molecule has 0 aliphatic carbocycles. The van der Waals surface area contributed by atoms with Crippen LogP contribution >= 0.6 is 0 Å². The van der Waals surface area contributed by atoms with Gasteiger partial charge >= 0.3 is 6.09 Å². The second-order valence-corrected chi connectivity index (χ2v) is 5.44. The van der Waals surface area contributed by atoms with Crippen LogP contribution in [0.1, 0.15) is 27.7 Å². The normalized spacial score (nSPS) is 12.2. The number of rotatable bonds is 4. The molecule has 0 fully saturated rings. The fraction of sp³-hybridized carbons (Fsp3) is 0.429. The lowest BCUT2D eigenvalue weighted by Gasteiger charge is -2.23. The zero-order valence-electron chi connectivity index (χ0n) is 12.5. The molecular formula is C14H19N3O4. The number of carbonyl (C=O) groups excluding carboxylic acids is 2. The van der Waals surface area contributed by atoms with E-state index in [4.69, 9.17) is 4.74 Å². The summed E-state index contributed by atoms with van der Waals surface area (Å²) in [6.07, 6.45) is -0.734. The number of nitrogens with one attached hydrogen (secondary N) is 1. The lowest BCUT2D eigenvalue weighted by Crippen LogP contribution is -2.46. The first-order valence-corrected chi connectivity index (χ1v) is 6.46. The second kappa shape index (κ2) is 6.83. The predicted molar refractivity (Wildman–Crippen MR) is 78.6 cm³/mol. The highest BCUT2D eigenvalue weighted by molar-refractivity contribution is 5.97. The molecule has 0 aromatic heterocycles. The molecule has 1 aromatic carbocycles. The van der Waals surface area contributed by atoms with Crippen molar-refractivity contribution in [3.05, 3.63) is 35.2 Å². The zero-order chi connectivity index (χ0) is 16.0. The Hall–Kier alpha value is -2.44. The van der Waals surface area contributed by atoms with Crippen LogP contribution < -0.4 is 10.3 Å². The summed E-state index contributed by atoms with van der Waals surface area (Å²) < 4.78 is 5.05. The molecule has 1 atom stereocenters. The van der Waals surface area contributed by atoms with Crippen molar-refractivity contribution in [1.82, 2.24) is 5.32 Å². The summed E-state index contributed by atoms with van der Waals surface area (Å²) in [6.45, 7) is 6.58. The number of ether oxygens (including phenoxy) is 1. The molecule has 7 heteroatoms. The van der Waals surface area contributed by atoms with Crippen LogP contribution in [0.2, 0.25) is 0 Å². The number of anilines is 1. The van der Waals surface area contributed by atoms with E-state index in [0.717, 1.165) is 0 Å². The van der Waals surface area contributed by atoms with Crippen molar-refractivity contribution < 1.29 is 14.3 Å². The van der Waals surface area contributed by atoms with Gasteiger partial charge in [0, 0.05) is 0 Å². The summed E-state index contributed by atoms with van der Waals surface area (Å²) in [6, 6.07) is 7.29. The van der Waals surface area contributed by atoms with E-state index >= 15 is 0 Å². The first kappa shape index (κ1) is 16.6. The maximum atomic E-state index is 12.1. The first-order chi connectivity index (χ1) is 9.74. The quantitative estimate of drug-likeness (QED) is 0.682. The molecule has 0 aliphatic heterocycles. The number of nitroso groups, excluding NO2 is 1. The molecule has 114 valence electrons. The molecular weight excluding hydrogens is 274 g/mol. The molecule has 0 saturated carbocycles. The molecule has 0 spiro atoms. The molecule has 0 radical (unpaired) electrons. The Labute approximate surface area is 123 Å². The molecule has 1 N–H and O–H groups in total. The van der Waals surface area contributed by atoms with Crippen LogP contribution in [0.25, 0.3) is 0 Å². The van der Waals surface area contributed by atoms with Gasteiger partial charge in [-0.2, -0.15) is 5.01 Å². The summed E-state index contributed by atoms with van der Waals surface area (Å²) in [5, 5.41) is 5.77. The van der Waals surface area contributed by atoms with E-state index < -0.39 is 23.6 Å². The highest BCUT2D eigenvalue weighted by Crippen LogP contribution is 2.15. The number of amides is 2. The minimum atomic E-state index is -0.947. The number of carbonyl (C=O) groups is 2. The molecule has 0 aliphatic rings. The minimum Gasteiger partial charge on any atom is -0.444 e. The van der Waals surface area contributed by atoms with Gasteiger partial charge in [-0.05, 0) is 39.8 Å². The van der Waals surface area contributed by atoms with E-state index in [2.05, 4.69) is 10.6 Å².